The molecule has 1 atom stereocenters. The van der Waals surface area contributed by atoms with Crippen LogP contribution in [0.15, 0.2) is 71.6 Å². The average Bonchev–Trinajstić information content (AvgIpc) is 2.72. The Bertz CT molecular complexity index is 1430. The molecule has 0 unspecified atom stereocenters. The molecule has 10 heteroatoms. The van der Waals surface area contributed by atoms with Crippen molar-refractivity contribution in [2.45, 2.75) is 38.6 Å². The lowest BCUT2D eigenvalue weighted by atomic mass is 10.1. The fraction of sp³-hybridized carbons (Fsp3) is 0.240. The standard InChI is InChI=1S/C25H29N3O5S2/c1-17-7-6-8-22(14-17)27-35(32,33)24-11-9-21(10-12-24)26-25(29)20(4)28(34(5,30)31)23-15-18(2)13-19(3)16-23/h6-16,20,27H,1-5H3,(H,26,29)/t20-/m1/s1. The quantitative estimate of drug-likeness (QED) is 0.467. The van der Waals surface area contributed by atoms with Crippen LogP contribution in [0.5, 0.6) is 0 Å². The van der Waals surface area contributed by atoms with Crippen LogP contribution >= 0.6 is 0 Å². The third kappa shape index (κ3) is 6.61. The summed E-state index contributed by atoms with van der Waals surface area (Å²) in [6.45, 7) is 7.07. The molecule has 0 heterocycles. The van der Waals surface area contributed by atoms with Crippen molar-refractivity contribution in [2.24, 2.45) is 0 Å². The smallest absolute Gasteiger partial charge is 0.261 e. The first-order valence-electron chi connectivity index (χ1n) is 10.8. The molecule has 0 saturated carbocycles. The van der Waals surface area contributed by atoms with E-state index < -0.39 is 32.0 Å². The highest BCUT2D eigenvalue weighted by Crippen LogP contribution is 2.25. The number of carbonyl (C=O) groups excluding carboxylic acids is 1. The van der Waals surface area contributed by atoms with Crippen molar-refractivity contribution in [2.75, 3.05) is 20.6 Å². The summed E-state index contributed by atoms with van der Waals surface area (Å²) < 4.78 is 54.1. The summed E-state index contributed by atoms with van der Waals surface area (Å²) in [5.74, 6) is -0.553. The van der Waals surface area contributed by atoms with Crippen molar-refractivity contribution in [1.82, 2.24) is 0 Å². The first-order valence-corrected chi connectivity index (χ1v) is 14.2. The van der Waals surface area contributed by atoms with E-state index in [0.717, 1.165) is 27.3 Å². The molecule has 0 aliphatic heterocycles. The second kappa shape index (κ2) is 10.1. The Hall–Kier alpha value is -3.37. The van der Waals surface area contributed by atoms with Crippen molar-refractivity contribution >= 4 is 43.0 Å². The molecular formula is C25H29N3O5S2. The summed E-state index contributed by atoms with van der Waals surface area (Å²) >= 11 is 0. The van der Waals surface area contributed by atoms with Crippen molar-refractivity contribution in [1.29, 1.82) is 0 Å². The van der Waals surface area contributed by atoms with Gasteiger partial charge < -0.3 is 5.32 Å². The van der Waals surface area contributed by atoms with E-state index in [4.69, 9.17) is 0 Å². The van der Waals surface area contributed by atoms with Crippen molar-refractivity contribution < 1.29 is 21.6 Å². The van der Waals surface area contributed by atoms with Gasteiger partial charge in [0.1, 0.15) is 6.04 Å². The Morgan fingerprint density at radius 3 is 1.94 bits per heavy atom. The van der Waals surface area contributed by atoms with Crippen LogP contribution in [0.1, 0.15) is 23.6 Å². The Morgan fingerprint density at radius 1 is 0.800 bits per heavy atom. The first-order chi connectivity index (χ1) is 16.3. The molecule has 3 aromatic rings. The lowest BCUT2D eigenvalue weighted by molar-refractivity contribution is -0.116. The maximum atomic E-state index is 13.0. The summed E-state index contributed by atoms with van der Waals surface area (Å²) in [6.07, 6.45) is 1.05. The summed E-state index contributed by atoms with van der Waals surface area (Å²) in [4.78, 5) is 13.0. The van der Waals surface area contributed by atoms with Gasteiger partial charge in [-0.3, -0.25) is 13.8 Å². The zero-order chi connectivity index (χ0) is 26.0. The van der Waals surface area contributed by atoms with Gasteiger partial charge in [-0.15, -0.1) is 0 Å². The molecule has 0 aromatic heterocycles. The molecular weight excluding hydrogens is 486 g/mol. The van der Waals surface area contributed by atoms with Gasteiger partial charge in [0, 0.05) is 11.4 Å². The van der Waals surface area contributed by atoms with Crippen LogP contribution in [0.2, 0.25) is 0 Å². The Morgan fingerprint density at radius 2 is 1.40 bits per heavy atom. The maximum Gasteiger partial charge on any atom is 0.261 e. The van der Waals surface area contributed by atoms with E-state index in [1.165, 1.54) is 31.2 Å². The zero-order valence-corrected chi connectivity index (χ0v) is 21.9. The normalized spacial score (nSPS) is 12.6. The largest absolute Gasteiger partial charge is 0.324 e. The number of nitrogens with zero attached hydrogens (tertiary/aromatic N) is 1. The van der Waals surface area contributed by atoms with Crippen LogP contribution in [0.25, 0.3) is 0 Å². The van der Waals surface area contributed by atoms with E-state index in [0.29, 0.717) is 17.1 Å². The zero-order valence-electron chi connectivity index (χ0n) is 20.2. The van der Waals surface area contributed by atoms with Crippen molar-refractivity contribution in [3.63, 3.8) is 0 Å². The van der Waals surface area contributed by atoms with Crippen LogP contribution in [-0.4, -0.2) is 35.0 Å². The molecule has 0 radical (unpaired) electrons. The highest BCUT2D eigenvalue weighted by atomic mass is 32.2. The number of hydrogen-bond donors (Lipinski definition) is 2. The van der Waals surface area contributed by atoms with Crippen LogP contribution in [0.4, 0.5) is 17.1 Å². The third-order valence-corrected chi connectivity index (χ3v) is 7.89. The number of nitrogens with one attached hydrogen (secondary N) is 2. The number of anilines is 3. The van der Waals surface area contributed by atoms with Gasteiger partial charge in [0.05, 0.1) is 16.8 Å². The number of rotatable bonds is 8. The Kier molecular flexibility index (Phi) is 7.56. The SMILES string of the molecule is Cc1cccc(NS(=O)(=O)c2ccc(NC(=O)[C@@H](C)N(c3cc(C)cc(C)c3)S(C)(=O)=O)cc2)c1. The molecule has 0 aliphatic carbocycles. The van der Waals surface area contributed by atoms with E-state index >= 15 is 0 Å². The topological polar surface area (TPSA) is 113 Å². The van der Waals surface area contributed by atoms with Crippen LogP contribution < -0.4 is 14.3 Å². The predicted molar refractivity (Wildman–Crippen MR) is 140 cm³/mol. The summed E-state index contributed by atoms with van der Waals surface area (Å²) in [6, 6.07) is 16.9. The second-order valence-corrected chi connectivity index (χ2v) is 12.1. The van der Waals surface area contributed by atoms with E-state index in [1.807, 2.05) is 32.9 Å². The number of hydrogen-bond acceptors (Lipinski definition) is 5. The number of sulfonamides is 2. The van der Waals surface area contributed by atoms with Gasteiger partial charge >= 0.3 is 0 Å². The minimum atomic E-state index is -3.82. The highest BCUT2D eigenvalue weighted by Gasteiger charge is 2.29. The Labute approximate surface area is 207 Å². The monoisotopic (exact) mass is 515 g/mol. The fourth-order valence-electron chi connectivity index (χ4n) is 3.77. The molecule has 0 saturated heterocycles. The van der Waals surface area contributed by atoms with Gasteiger partial charge in [-0.05, 0) is 92.9 Å². The molecule has 1 amide bonds. The predicted octanol–water partition coefficient (Wildman–Crippen LogP) is 4.21. The molecule has 0 spiro atoms. The first kappa shape index (κ1) is 26.2. The molecule has 35 heavy (non-hydrogen) atoms. The molecule has 3 rings (SSSR count). The van der Waals surface area contributed by atoms with E-state index in [-0.39, 0.29) is 4.90 Å². The minimum absolute atomic E-state index is 0.0260. The van der Waals surface area contributed by atoms with Gasteiger partial charge in [0.25, 0.3) is 10.0 Å². The molecule has 0 fully saturated rings. The van der Waals surface area contributed by atoms with E-state index in [2.05, 4.69) is 10.0 Å². The number of amides is 1. The lowest BCUT2D eigenvalue weighted by Gasteiger charge is -2.28. The molecule has 2 N–H and O–H groups in total. The molecule has 8 nitrogen and oxygen atoms in total. The maximum absolute atomic E-state index is 13.0. The fourth-order valence-corrected chi connectivity index (χ4v) is 5.98. The van der Waals surface area contributed by atoms with Crippen molar-refractivity contribution in [3.05, 3.63) is 83.4 Å². The molecule has 3 aromatic carbocycles. The third-order valence-electron chi connectivity index (χ3n) is 5.25. The van der Waals surface area contributed by atoms with Gasteiger partial charge in [0.15, 0.2) is 0 Å². The van der Waals surface area contributed by atoms with Gasteiger partial charge in [-0.2, -0.15) is 0 Å². The van der Waals surface area contributed by atoms with Crippen LogP contribution in [0.3, 0.4) is 0 Å². The van der Waals surface area contributed by atoms with Gasteiger partial charge in [0.2, 0.25) is 15.9 Å². The Balaban J connectivity index is 1.78. The summed E-state index contributed by atoms with van der Waals surface area (Å²) in [7, 11) is -7.58. The number of aryl methyl sites for hydroxylation is 3. The molecule has 0 aliphatic rings. The molecule has 186 valence electrons. The van der Waals surface area contributed by atoms with E-state index in [1.54, 1.807) is 30.3 Å². The van der Waals surface area contributed by atoms with Crippen LogP contribution in [-0.2, 0) is 24.8 Å². The average molecular weight is 516 g/mol. The van der Waals surface area contributed by atoms with Gasteiger partial charge in [-0.25, -0.2) is 16.8 Å². The minimum Gasteiger partial charge on any atom is -0.324 e. The van der Waals surface area contributed by atoms with Gasteiger partial charge in [-0.1, -0.05) is 18.2 Å². The van der Waals surface area contributed by atoms with Crippen molar-refractivity contribution in [3.8, 4) is 0 Å². The lowest BCUT2D eigenvalue weighted by Crippen LogP contribution is -2.45. The summed E-state index contributed by atoms with van der Waals surface area (Å²) in [5, 5.41) is 2.67. The van der Waals surface area contributed by atoms with Crippen LogP contribution in [0, 0.1) is 20.8 Å². The van der Waals surface area contributed by atoms with E-state index in [9.17, 15) is 21.6 Å². The number of carbonyl (C=O) groups is 1. The second-order valence-electron chi connectivity index (χ2n) is 8.57. The molecule has 0 bridgehead atoms. The highest BCUT2D eigenvalue weighted by molar-refractivity contribution is 7.92. The summed E-state index contributed by atoms with van der Waals surface area (Å²) in [5.41, 5.74) is 3.85. The number of benzene rings is 3.